The second kappa shape index (κ2) is 5.61. The van der Waals surface area contributed by atoms with Crippen molar-refractivity contribution in [2.24, 2.45) is 5.41 Å². The van der Waals surface area contributed by atoms with Gasteiger partial charge in [0, 0.05) is 17.8 Å². The summed E-state index contributed by atoms with van der Waals surface area (Å²) in [6, 6.07) is 7.10. The molecular formula is C15H23N3O. The fourth-order valence-corrected chi connectivity index (χ4v) is 2.41. The number of hydrogen-bond acceptors (Lipinski definition) is 3. The molecule has 4 heteroatoms. The Labute approximate surface area is 115 Å². The van der Waals surface area contributed by atoms with Gasteiger partial charge in [0.15, 0.2) is 0 Å². The topological polar surface area (TPSA) is 58.4 Å². The van der Waals surface area contributed by atoms with Crippen molar-refractivity contribution >= 4 is 11.6 Å². The van der Waals surface area contributed by atoms with Crippen LogP contribution in [-0.4, -0.2) is 37.5 Å². The molecule has 1 aromatic rings. The van der Waals surface area contributed by atoms with E-state index in [1.54, 1.807) is 18.2 Å². The molecule has 0 radical (unpaired) electrons. The van der Waals surface area contributed by atoms with E-state index in [1.165, 1.54) is 0 Å². The molecule has 1 fully saturated rings. The highest BCUT2D eigenvalue weighted by Gasteiger charge is 2.29. The molecule has 0 unspecified atom stereocenters. The van der Waals surface area contributed by atoms with Crippen molar-refractivity contribution in [1.29, 1.82) is 0 Å². The predicted molar refractivity (Wildman–Crippen MR) is 78.0 cm³/mol. The lowest BCUT2D eigenvalue weighted by atomic mass is 9.80. The van der Waals surface area contributed by atoms with Gasteiger partial charge in [-0.1, -0.05) is 13.0 Å². The van der Waals surface area contributed by atoms with Crippen LogP contribution in [0.2, 0.25) is 0 Å². The average Bonchev–Trinajstić information content (AvgIpc) is 2.40. The van der Waals surface area contributed by atoms with E-state index in [0.717, 1.165) is 32.5 Å². The van der Waals surface area contributed by atoms with Crippen molar-refractivity contribution in [2.45, 2.75) is 19.8 Å². The Kier molecular flexibility index (Phi) is 4.10. The Hall–Kier alpha value is -1.55. The molecule has 2 rings (SSSR count). The Balaban J connectivity index is 1.90. The number of rotatable bonds is 3. The molecular weight excluding hydrogens is 238 g/mol. The smallest absolute Gasteiger partial charge is 0.251 e. The number of nitrogens with zero attached hydrogens (tertiary/aromatic N) is 1. The second-order valence-electron chi connectivity index (χ2n) is 5.92. The molecule has 0 bridgehead atoms. The minimum Gasteiger partial charge on any atom is -0.399 e. The van der Waals surface area contributed by atoms with Crippen LogP contribution in [0.15, 0.2) is 24.3 Å². The Morgan fingerprint density at radius 3 is 2.74 bits per heavy atom. The van der Waals surface area contributed by atoms with Crippen molar-refractivity contribution < 1.29 is 4.79 Å². The van der Waals surface area contributed by atoms with Crippen LogP contribution in [0, 0.1) is 5.41 Å². The van der Waals surface area contributed by atoms with Gasteiger partial charge in [-0.2, -0.15) is 0 Å². The van der Waals surface area contributed by atoms with Gasteiger partial charge < -0.3 is 16.0 Å². The van der Waals surface area contributed by atoms with Gasteiger partial charge in [0.2, 0.25) is 0 Å². The molecule has 104 valence electrons. The summed E-state index contributed by atoms with van der Waals surface area (Å²) in [7, 11) is 2.14. The first-order valence-corrected chi connectivity index (χ1v) is 6.81. The third kappa shape index (κ3) is 3.70. The molecule has 0 saturated carbocycles. The zero-order valence-corrected chi connectivity index (χ0v) is 11.8. The van der Waals surface area contributed by atoms with Crippen molar-refractivity contribution in [3.05, 3.63) is 29.8 Å². The summed E-state index contributed by atoms with van der Waals surface area (Å²) in [5, 5.41) is 3.04. The number of hydrogen-bond donors (Lipinski definition) is 2. The van der Waals surface area contributed by atoms with Gasteiger partial charge in [-0.3, -0.25) is 4.79 Å². The first-order valence-electron chi connectivity index (χ1n) is 6.81. The van der Waals surface area contributed by atoms with E-state index in [0.29, 0.717) is 11.3 Å². The highest BCUT2D eigenvalue weighted by molar-refractivity contribution is 5.94. The van der Waals surface area contributed by atoms with Crippen LogP contribution >= 0.6 is 0 Å². The van der Waals surface area contributed by atoms with E-state index in [-0.39, 0.29) is 11.3 Å². The first-order chi connectivity index (χ1) is 8.98. The molecule has 0 atom stereocenters. The minimum absolute atomic E-state index is 0.0348. The van der Waals surface area contributed by atoms with Gasteiger partial charge in [0.1, 0.15) is 0 Å². The number of anilines is 1. The van der Waals surface area contributed by atoms with Gasteiger partial charge in [-0.15, -0.1) is 0 Å². The minimum atomic E-state index is -0.0348. The molecule has 1 aromatic carbocycles. The van der Waals surface area contributed by atoms with Gasteiger partial charge in [0.25, 0.3) is 5.91 Å². The van der Waals surface area contributed by atoms with Crippen LogP contribution in [0.4, 0.5) is 5.69 Å². The number of carbonyl (C=O) groups is 1. The first kappa shape index (κ1) is 13.9. The van der Waals surface area contributed by atoms with Crippen LogP contribution in [0.5, 0.6) is 0 Å². The fraction of sp³-hybridized carbons (Fsp3) is 0.533. The van der Waals surface area contributed by atoms with E-state index >= 15 is 0 Å². The lowest BCUT2D eigenvalue weighted by Gasteiger charge is -2.37. The number of piperidine rings is 1. The number of nitrogens with two attached hydrogens (primary N) is 1. The second-order valence-corrected chi connectivity index (χ2v) is 5.92. The summed E-state index contributed by atoms with van der Waals surface area (Å²) in [5.41, 5.74) is 7.16. The highest BCUT2D eigenvalue weighted by Crippen LogP contribution is 2.29. The molecule has 0 aromatic heterocycles. The monoisotopic (exact) mass is 261 g/mol. The Morgan fingerprint density at radius 2 is 2.11 bits per heavy atom. The summed E-state index contributed by atoms with van der Waals surface area (Å²) in [6.07, 6.45) is 2.25. The van der Waals surface area contributed by atoms with Crippen LogP contribution in [0.3, 0.4) is 0 Å². The molecule has 1 saturated heterocycles. The maximum atomic E-state index is 12.1. The number of carbonyl (C=O) groups excluding carboxylic acids is 1. The average molecular weight is 261 g/mol. The van der Waals surface area contributed by atoms with Crippen LogP contribution in [0.25, 0.3) is 0 Å². The van der Waals surface area contributed by atoms with Crippen molar-refractivity contribution in [1.82, 2.24) is 10.2 Å². The van der Waals surface area contributed by atoms with E-state index < -0.39 is 0 Å². The third-order valence-corrected chi connectivity index (χ3v) is 4.02. The lowest BCUT2D eigenvalue weighted by molar-refractivity contribution is 0.0891. The van der Waals surface area contributed by atoms with E-state index in [9.17, 15) is 4.79 Å². The number of benzene rings is 1. The zero-order valence-electron chi connectivity index (χ0n) is 11.8. The number of amides is 1. The zero-order chi connectivity index (χ0) is 13.9. The molecule has 1 heterocycles. The van der Waals surface area contributed by atoms with Gasteiger partial charge in [0.05, 0.1) is 0 Å². The maximum Gasteiger partial charge on any atom is 0.251 e. The van der Waals surface area contributed by atoms with Crippen LogP contribution < -0.4 is 11.1 Å². The Bertz CT molecular complexity index is 450. The summed E-state index contributed by atoms with van der Waals surface area (Å²) in [5.74, 6) is -0.0348. The fourth-order valence-electron chi connectivity index (χ4n) is 2.41. The van der Waals surface area contributed by atoms with Gasteiger partial charge in [-0.05, 0) is 56.6 Å². The third-order valence-electron chi connectivity index (χ3n) is 4.02. The largest absolute Gasteiger partial charge is 0.399 e. The maximum absolute atomic E-state index is 12.1. The number of nitrogen functional groups attached to an aromatic ring is 1. The van der Waals surface area contributed by atoms with Crippen LogP contribution in [-0.2, 0) is 0 Å². The van der Waals surface area contributed by atoms with Crippen LogP contribution in [0.1, 0.15) is 30.1 Å². The molecule has 0 aliphatic carbocycles. The van der Waals surface area contributed by atoms with E-state index in [4.69, 9.17) is 5.73 Å². The summed E-state index contributed by atoms with van der Waals surface area (Å²) in [6.45, 7) is 5.18. The summed E-state index contributed by atoms with van der Waals surface area (Å²) < 4.78 is 0. The quantitative estimate of drug-likeness (QED) is 0.815. The van der Waals surface area contributed by atoms with Gasteiger partial charge >= 0.3 is 0 Å². The van der Waals surface area contributed by atoms with Crippen molar-refractivity contribution in [2.75, 3.05) is 32.4 Å². The summed E-state index contributed by atoms with van der Waals surface area (Å²) in [4.78, 5) is 14.4. The molecule has 3 N–H and O–H groups in total. The standard InChI is InChI=1S/C15H23N3O/c1-15(6-8-18(2)9-7-15)11-17-14(19)12-4-3-5-13(16)10-12/h3-5,10H,6-9,11,16H2,1-2H3,(H,17,19). The van der Waals surface area contributed by atoms with Gasteiger partial charge in [-0.25, -0.2) is 0 Å². The Morgan fingerprint density at radius 1 is 1.42 bits per heavy atom. The molecule has 1 amide bonds. The highest BCUT2D eigenvalue weighted by atomic mass is 16.1. The number of nitrogens with one attached hydrogen (secondary N) is 1. The summed E-state index contributed by atoms with van der Waals surface area (Å²) >= 11 is 0. The van der Waals surface area contributed by atoms with E-state index in [1.807, 2.05) is 6.07 Å². The molecule has 19 heavy (non-hydrogen) atoms. The predicted octanol–water partition coefficient (Wildman–Crippen LogP) is 1.73. The molecule has 1 aliphatic heterocycles. The van der Waals surface area contributed by atoms with Crippen molar-refractivity contribution in [3.63, 3.8) is 0 Å². The van der Waals surface area contributed by atoms with E-state index in [2.05, 4.69) is 24.2 Å². The lowest BCUT2D eigenvalue weighted by Crippen LogP contribution is -2.43. The normalized spacial score (nSPS) is 19.1. The van der Waals surface area contributed by atoms with Crippen molar-refractivity contribution in [3.8, 4) is 0 Å². The number of likely N-dealkylation sites (tertiary alicyclic amines) is 1. The molecule has 4 nitrogen and oxygen atoms in total. The molecule has 0 spiro atoms. The SMILES string of the molecule is CN1CCC(C)(CNC(=O)c2cccc(N)c2)CC1. The molecule has 1 aliphatic rings.